The van der Waals surface area contributed by atoms with Gasteiger partial charge in [-0.05, 0) is 0 Å². The van der Waals surface area contributed by atoms with Crippen molar-refractivity contribution in [3.05, 3.63) is 18.1 Å². The predicted octanol–water partition coefficient (Wildman–Crippen LogP) is -1.54. The Morgan fingerprint density at radius 3 is 2.43 bits per heavy atom. The fraction of sp³-hybridized carbons (Fsp3) is 0.462. The van der Waals surface area contributed by atoms with Crippen molar-refractivity contribution in [2.24, 2.45) is 10.8 Å². The zero-order valence-corrected chi connectivity index (χ0v) is 20.1. The van der Waals surface area contributed by atoms with E-state index in [9.17, 15) is 33.7 Å². The maximum atomic E-state index is 11.9. The summed E-state index contributed by atoms with van der Waals surface area (Å²) in [6.07, 6.45) is -3.37. The first-order valence-electron chi connectivity index (χ1n) is 9.32. The molecule has 35 heavy (non-hydrogen) atoms. The largest absolute Gasteiger partial charge is 0.490 e. The lowest BCUT2D eigenvalue weighted by Crippen LogP contribution is -2.33. The Labute approximate surface area is 194 Å². The summed E-state index contributed by atoms with van der Waals surface area (Å²) in [5, 5.41) is 26.9. The number of nitrogens with zero attached hydrogens (tertiary/aromatic N) is 5. The van der Waals surface area contributed by atoms with Crippen LogP contribution in [0.2, 0.25) is 0 Å². The van der Waals surface area contributed by atoms with Crippen molar-refractivity contribution in [1.82, 2.24) is 14.5 Å². The van der Waals surface area contributed by atoms with E-state index < -0.39 is 54.6 Å². The highest BCUT2D eigenvalue weighted by atomic mass is 31.3. The van der Waals surface area contributed by atoms with Crippen molar-refractivity contribution in [3.8, 4) is 0 Å². The maximum Gasteiger partial charge on any atom is 0.490 e. The normalized spacial score (nSPS) is 28.1. The quantitative estimate of drug-likeness (QED) is 0.180. The van der Waals surface area contributed by atoms with Gasteiger partial charge in [0.15, 0.2) is 17.9 Å². The van der Waals surface area contributed by atoms with Crippen LogP contribution in [0.15, 0.2) is 17.6 Å². The van der Waals surface area contributed by atoms with E-state index in [0.717, 1.165) is 0 Å². The molecule has 8 N–H and O–H groups in total. The Hall–Kier alpha value is -1.82. The highest BCUT2D eigenvalue weighted by Crippen LogP contribution is 2.66. The number of ether oxygens (including phenoxy) is 1. The van der Waals surface area contributed by atoms with Crippen molar-refractivity contribution in [1.29, 1.82) is 0 Å². The molecule has 0 aliphatic carbocycles. The van der Waals surface area contributed by atoms with Crippen LogP contribution in [0.5, 0.6) is 0 Å². The predicted molar refractivity (Wildman–Crippen MR) is 112 cm³/mol. The number of aromatic nitrogens is 3. The van der Waals surface area contributed by atoms with Crippen LogP contribution in [-0.2, 0) is 31.6 Å². The molecule has 1 fully saturated rings. The van der Waals surface area contributed by atoms with Crippen molar-refractivity contribution < 1.29 is 61.4 Å². The first-order chi connectivity index (χ1) is 16.1. The van der Waals surface area contributed by atoms with Gasteiger partial charge in [0.05, 0.1) is 12.0 Å². The van der Waals surface area contributed by atoms with Crippen LogP contribution in [0.1, 0.15) is 11.8 Å². The molecule has 2 aromatic heterocycles. The molecule has 0 bridgehead atoms. The Bertz CT molecular complexity index is 1330. The van der Waals surface area contributed by atoms with E-state index >= 15 is 0 Å². The smallest absolute Gasteiger partial charge is 0.387 e. The van der Waals surface area contributed by atoms with Crippen LogP contribution >= 0.6 is 23.5 Å². The minimum atomic E-state index is -5.72. The monoisotopic (exact) mass is 560 g/mol. The number of aliphatic hydroxyl groups is 2. The number of anilines is 1. The van der Waals surface area contributed by atoms with E-state index in [-0.39, 0.29) is 11.5 Å². The van der Waals surface area contributed by atoms with Crippen LogP contribution < -0.4 is 10.7 Å². The first kappa shape index (κ1) is 26.2. The number of rotatable bonds is 8. The highest BCUT2D eigenvalue weighted by molar-refractivity contribution is 7.66. The van der Waals surface area contributed by atoms with Gasteiger partial charge >= 0.3 is 23.5 Å². The molecular weight excluding hydrogens is 541 g/mol. The molecule has 0 amide bonds. The Balaban J connectivity index is 1.52. The molecule has 0 saturated carbocycles. The highest BCUT2D eigenvalue weighted by Gasteiger charge is 2.47. The fourth-order valence-electron chi connectivity index (χ4n) is 3.53. The topological polar surface area (TPSA) is 282 Å². The standard InChI is InChI=1S/C13H19N6O13P3/c1-18-11-7-5(10(14)17-18)2-19(12(7)16-4-15-11)13-9(21)8(20)6(30-13)3-29-34(25,26)32-35(27,28)31-33(22,23)24/h2,4,6,8-9,13,20-21H,3H2,1H3,(H2,14,17)(H,25,26)(H,27,28)(H2,22,23,24)/t6-,8-,9-,13-/m1/s1. The summed E-state index contributed by atoms with van der Waals surface area (Å²) in [5.41, 5.74) is 6.66. The Morgan fingerprint density at radius 2 is 1.77 bits per heavy atom. The zero-order chi connectivity index (χ0) is 25.9. The van der Waals surface area contributed by atoms with Crippen LogP contribution in [0, 0.1) is 0 Å². The molecule has 22 heteroatoms. The molecule has 1 saturated heterocycles. The number of phosphoric acid groups is 3. The van der Waals surface area contributed by atoms with E-state index in [1.807, 2.05) is 0 Å². The lowest BCUT2D eigenvalue weighted by molar-refractivity contribution is -0.0500. The first-order valence-corrected chi connectivity index (χ1v) is 13.8. The minimum absolute atomic E-state index is 0.121. The third-order valence-corrected chi connectivity index (χ3v) is 8.66. The summed E-state index contributed by atoms with van der Waals surface area (Å²) in [5.74, 6) is 0.533. The third kappa shape index (κ3) is 5.33. The van der Waals surface area contributed by atoms with Gasteiger partial charge in [-0.3, -0.25) is 4.52 Å². The van der Waals surface area contributed by atoms with Crippen LogP contribution in [0.25, 0.3) is 11.0 Å². The molecular formula is C13H19N6O13P3. The molecule has 6 atom stereocenters. The summed E-state index contributed by atoms with van der Waals surface area (Å²) >= 11 is 0. The number of aliphatic hydroxyl groups excluding tert-OH is 2. The molecule has 194 valence electrons. The molecule has 0 spiro atoms. The Kier molecular flexibility index (Phi) is 6.70. The number of hydrogen-bond donors (Lipinski definition) is 7. The van der Waals surface area contributed by atoms with Crippen molar-refractivity contribution in [2.45, 2.75) is 24.5 Å². The van der Waals surface area contributed by atoms with E-state index in [1.54, 1.807) is 7.05 Å². The number of amidine groups is 1. The van der Waals surface area contributed by atoms with Crippen LogP contribution in [0.3, 0.4) is 0 Å². The number of nitrogens with two attached hydrogens (primary N) is 1. The zero-order valence-electron chi connectivity index (χ0n) is 17.4. The second-order valence-corrected chi connectivity index (χ2v) is 11.7. The molecule has 2 unspecified atom stereocenters. The summed E-state index contributed by atoms with van der Waals surface area (Å²) in [7, 11) is -15.1. The van der Waals surface area contributed by atoms with Gasteiger partial charge in [-0.1, -0.05) is 0 Å². The fourth-order valence-corrected chi connectivity index (χ4v) is 6.56. The summed E-state index contributed by atoms with van der Waals surface area (Å²) in [4.78, 5) is 44.2. The van der Waals surface area contributed by atoms with Crippen molar-refractivity contribution >= 4 is 46.2 Å². The molecule has 0 aromatic carbocycles. The average Bonchev–Trinajstić information content (AvgIpc) is 3.21. The summed E-state index contributed by atoms with van der Waals surface area (Å²) in [6, 6.07) is 0. The van der Waals surface area contributed by atoms with E-state index in [1.165, 1.54) is 22.1 Å². The lowest BCUT2D eigenvalue weighted by Gasteiger charge is -2.19. The second kappa shape index (κ2) is 8.93. The lowest BCUT2D eigenvalue weighted by atomic mass is 10.1. The molecule has 19 nitrogen and oxygen atoms in total. The van der Waals surface area contributed by atoms with E-state index in [0.29, 0.717) is 16.8 Å². The van der Waals surface area contributed by atoms with Gasteiger partial charge in [-0.25, -0.2) is 28.7 Å². The second-order valence-electron chi connectivity index (χ2n) is 7.29. The van der Waals surface area contributed by atoms with Crippen molar-refractivity contribution in [2.75, 3.05) is 18.7 Å². The van der Waals surface area contributed by atoms with Gasteiger partial charge in [-0.2, -0.15) is 13.7 Å². The van der Waals surface area contributed by atoms with Crippen LogP contribution in [-0.4, -0.2) is 82.1 Å². The SMILES string of the molecule is CN1N=C(N)c2cn([C@@H]3O[C@H](COP(=O)(O)OP(=O)(O)OP(=O)(O)O)[C@@H](O)[C@H]3O)c3ncnc1c23. The molecule has 2 aliphatic heterocycles. The number of hydrazone groups is 1. The van der Waals surface area contributed by atoms with Gasteiger partial charge < -0.3 is 44.8 Å². The maximum absolute atomic E-state index is 11.9. The van der Waals surface area contributed by atoms with Gasteiger partial charge in [0.25, 0.3) is 0 Å². The van der Waals surface area contributed by atoms with Gasteiger partial charge in [0.2, 0.25) is 0 Å². The molecule has 2 aromatic rings. The average molecular weight is 560 g/mol. The van der Waals surface area contributed by atoms with E-state index in [2.05, 4.69) is 28.2 Å². The molecule has 4 rings (SSSR count). The summed E-state index contributed by atoms with van der Waals surface area (Å²) < 4.78 is 52.7. The van der Waals surface area contributed by atoms with Gasteiger partial charge in [0, 0.05) is 18.8 Å². The van der Waals surface area contributed by atoms with Gasteiger partial charge in [0.1, 0.15) is 30.3 Å². The van der Waals surface area contributed by atoms with Gasteiger partial charge in [-0.15, -0.1) is 0 Å². The molecule has 0 radical (unpaired) electrons. The molecule has 4 heterocycles. The third-order valence-electron chi connectivity index (χ3n) is 4.86. The van der Waals surface area contributed by atoms with E-state index in [4.69, 9.17) is 20.3 Å². The number of hydrogen-bond acceptors (Lipinski definition) is 14. The van der Waals surface area contributed by atoms with Crippen LogP contribution in [0.4, 0.5) is 5.82 Å². The Morgan fingerprint density at radius 1 is 1.09 bits per heavy atom. The molecule has 2 aliphatic rings. The number of phosphoric ester groups is 1. The summed E-state index contributed by atoms with van der Waals surface area (Å²) in [6.45, 7) is -0.961. The minimum Gasteiger partial charge on any atom is -0.387 e. The van der Waals surface area contributed by atoms with Crippen molar-refractivity contribution in [3.63, 3.8) is 0 Å².